The lowest BCUT2D eigenvalue weighted by Crippen LogP contribution is -2.25. The van der Waals surface area contributed by atoms with Crippen LogP contribution >= 0.6 is 0 Å². The Balaban J connectivity index is 3.28. The molecule has 22 heavy (non-hydrogen) atoms. The van der Waals surface area contributed by atoms with Crippen molar-refractivity contribution >= 4 is 11.9 Å². The van der Waals surface area contributed by atoms with Crippen LogP contribution in [-0.4, -0.2) is 22.2 Å². The third kappa shape index (κ3) is 3.87. The standard InChI is InChI=1S/C18H26O4/c1-4-7-8-11-18(5-2,6-3)13-9-10-14(16(19)20)15(12-13)17(21)22/h9-10,12H,4-8,11H2,1-3H3,(H,19,20)(H,21,22). The molecule has 0 aliphatic carbocycles. The summed E-state index contributed by atoms with van der Waals surface area (Å²) in [5, 5.41) is 18.4. The van der Waals surface area contributed by atoms with Gasteiger partial charge >= 0.3 is 11.9 Å². The summed E-state index contributed by atoms with van der Waals surface area (Å²) < 4.78 is 0. The molecule has 0 fully saturated rings. The molecule has 0 atom stereocenters. The molecule has 0 spiro atoms. The van der Waals surface area contributed by atoms with Crippen LogP contribution in [0.15, 0.2) is 18.2 Å². The molecule has 0 aliphatic rings. The minimum absolute atomic E-state index is 0.0730. The zero-order valence-corrected chi connectivity index (χ0v) is 13.7. The van der Waals surface area contributed by atoms with E-state index in [1.807, 2.05) is 0 Å². The molecule has 0 aromatic heterocycles. The molecule has 1 rings (SSSR count). The fourth-order valence-electron chi connectivity index (χ4n) is 3.11. The van der Waals surface area contributed by atoms with E-state index in [1.54, 1.807) is 12.1 Å². The van der Waals surface area contributed by atoms with E-state index in [9.17, 15) is 14.7 Å². The van der Waals surface area contributed by atoms with Gasteiger partial charge in [0.15, 0.2) is 0 Å². The van der Waals surface area contributed by atoms with Crippen molar-refractivity contribution in [2.75, 3.05) is 0 Å². The molecular formula is C18H26O4. The van der Waals surface area contributed by atoms with Crippen molar-refractivity contribution in [3.8, 4) is 0 Å². The summed E-state index contributed by atoms with van der Waals surface area (Å²) >= 11 is 0. The molecule has 2 N–H and O–H groups in total. The first-order chi connectivity index (χ1) is 10.4. The maximum Gasteiger partial charge on any atom is 0.336 e. The van der Waals surface area contributed by atoms with E-state index in [2.05, 4.69) is 20.8 Å². The van der Waals surface area contributed by atoms with Crippen molar-refractivity contribution in [3.05, 3.63) is 34.9 Å². The molecule has 0 radical (unpaired) electrons. The molecule has 0 aliphatic heterocycles. The fourth-order valence-corrected chi connectivity index (χ4v) is 3.11. The van der Waals surface area contributed by atoms with E-state index in [0.29, 0.717) is 0 Å². The number of benzene rings is 1. The molecule has 0 heterocycles. The Morgan fingerprint density at radius 2 is 1.55 bits per heavy atom. The zero-order chi connectivity index (χ0) is 16.8. The molecule has 0 bridgehead atoms. The average Bonchev–Trinajstić information content (AvgIpc) is 2.51. The van der Waals surface area contributed by atoms with E-state index in [1.165, 1.54) is 6.07 Å². The number of hydrogen-bond acceptors (Lipinski definition) is 2. The first kappa shape index (κ1) is 18.2. The van der Waals surface area contributed by atoms with Crippen LogP contribution in [0.25, 0.3) is 0 Å². The highest BCUT2D eigenvalue weighted by Gasteiger charge is 2.29. The Morgan fingerprint density at radius 3 is 2.00 bits per heavy atom. The number of unbranched alkanes of at least 4 members (excludes halogenated alkanes) is 2. The van der Waals surface area contributed by atoms with Crippen LogP contribution in [0.5, 0.6) is 0 Å². The normalized spacial score (nSPS) is 11.4. The Kier molecular flexibility index (Phi) is 6.60. The monoisotopic (exact) mass is 306 g/mol. The van der Waals surface area contributed by atoms with Crippen LogP contribution < -0.4 is 0 Å². The Hall–Kier alpha value is -1.84. The summed E-state index contributed by atoms with van der Waals surface area (Å²) in [4.78, 5) is 22.6. The minimum atomic E-state index is -1.20. The summed E-state index contributed by atoms with van der Waals surface area (Å²) in [6, 6.07) is 4.78. The Labute approximate surface area is 132 Å². The topological polar surface area (TPSA) is 74.6 Å². The van der Waals surface area contributed by atoms with Crippen molar-refractivity contribution in [1.29, 1.82) is 0 Å². The number of carbonyl (C=O) groups is 2. The van der Waals surface area contributed by atoms with Gasteiger partial charge in [0, 0.05) is 0 Å². The predicted molar refractivity (Wildman–Crippen MR) is 86.8 cm³/mol. The highest BCUT2D eigenvalue weighted by Crippen LogP contribution is 2.37. The highest BCUT2D eigenvalue weighted by molar-refractivity contribution is 6.01. The van der Waals surface area contributed by atoms with Crippen LogP contribution in [0.2, 0.25) is 0 Å². The second kappa shape index (κ2) is 7.97. The van der Waals surface area contributed by atoms with Gasteiger partial charge in [0.2, 0.25) is 0 Å². The van der Waals surface area contributed by atoms with E-state index in [-0.39, 0.29) is 16.5 Å². The van der Waals surface area contributed by atoms with Gasteiger partial charge in [-0.2, -0.15) is 0 Å². The first-order valence-electron chi connectivity index (χ1n) is 8.03. The summed E-state index contributed by atoms with van der Waals surface area (Å²) in [6.07, 6.45) is 6.22. The lowest BCUT2D eigenvalue weighted by atomic mass is 9.71. The number of carboxylic acid groups (broad SMARTS) is 2. The van der Waals surface area contributed by atoms with Crippen molar-refractivity contribution in [3.63, 3.8) is 0 Å². The Bertz CT molecular complexity index is 530. The Morgan fingerprint density at radius 1 is 0.955 bits per heavy atom. The molecule has 0 saturated carbocycles. The van der Waals surface area contributed by atoms with Gasteiger partial charge in [0.05, 0.1) is 11.1 Å². The van der Waals surface area contributed by atoms with E-state index in [0.717, 1.165) is 44.1 Å². The highest BCUT2D eigenvalue weighted by atomic mass is 16.4. The van der Waals surface area contributed by atoms with Crippen molar-refractivity contribution in [2.24, 2.45) is 0 Å². The third-order valence-corrected chi connectivity index (χ3v) is 4.71. The minimum Gasteiger partial charge on any atom is -0.478 e. The third-order valence-electron chi connectivity index (χ3n) is 4.71. The summed E-state index contributed by atoms with van der Waals surface area (Å²) in [6.45, 7) is 6.38. The molecule has 4 nitrogen and oxygen atoms in total. The molecule has 122 valence electrons. The van der Waals surface area contributed by atoms with Gasteiger partial charge in [-0.05, 0) is 42.4 Å². The predicted octanol–water partition coefficient (Wildman–Crippen LogP) is 4.72. The van der Waals surface area contributed by atoms with Crippen LogP contribution in [-0.2, 0) is 5.41 Å². The van der Waals surface area contributed by atoms with Gasteiger partial charge < -0.3 is 10.2 Å². The maximum absolute atomic E-state index is 11.4. The number of rotatable bonds is 9. The van der Waals surface area contributed by atoms with Gasteiger partial charge in [-0.3, -0.25) is 0 Å². The number of hydrogen-bond donors (Lipinski definition) is 2. The molecular weight excluding hydrogens is 280 g/mol. The van der Waals surface area contributed by atoms with E-state index in [4.69, 9.17) is 5.11 Å². The molecule has 1 aromatic rings. The first-order valence-corrected chi connectivity index (χ1v) is 8.03. The molecule has 0 saturated heterocycles. The number of carboxylic acids is 2. The summed E-state index contributed by atoms with van der Waals surface area (Å²) in [5.41, 5.74) is 0.602. The molecule has 0 amide bonds. The van der Waals surface area contributed by atoms with Crippen molar-refractivity contribution in [2.45, 2.75) is 64.7 Å². The van der Waals surface area contributed by atoms with Crippen LogP contribution in [0.3, 0.4) is 0 Å². The molecule has 0 unspecified atom stereocenters. The number of aromatic carboxylic acids is 2. The van der Waals surface area contributed by atoms with Crippen molar-refractivity contribution in [1.82, 2.24) is 0 Å². The van der Waals surface area contributed by atoms with E-state index < -0.39 is 11.9 Å². The largest absolute Gasteiger partial charge is 0.478 e. The second-order valence-electron chi connectivity index (χ2n) is 5.82. The van der Waals surface area contributed by atoms with Crippen molar-refractivity contribution < 1.29 is 19.8 Å². The van der Waals surface area contributed by atoms with Gasteiger partial charge in [-0.25, -0.2) is 9.59 Å². The smallest absolute Gasteiger partial charge is 0.336 e. The van der Waals surface area contributed by atoms with Gasteiger partial charge in [0.1, 0.15) is 0 Å². The average molecular weight is 306 g/mol. The van der Waals surface area contributed by atoms with Crippen LogP contribution in [0.4, 0.5) is 0 Å². The van der Waals surface area contributed by atoms with Gasteiger partial charge in [-0.15, -0.1) is 0 Å². The molecule has 1 aromatic carbocycles. The summed E-state index contributed by atoms with van der Waals surface area (Å²) in [7, 11) is 0. The maximum atomic E-state index is 11.4. The summed E-state index contributed by atoms with van der Waals surface area (Å²) in [5.74, 6) is -2.39. The lowest BCUT2D eigenvalue weighted by Gasteiger charge is -2.33. The van der Waals surface area contributed by atoms with Crippen LogP contribution in [0.1, 0.15) is 85.6 Å². The fraction of sp³-hybridized carbons (Fsp3) is 0.556. The second-order valence-corrected chi connectivity index (χ2v) is 5.82. The van der Waals surface area contributed by atoms with Crippen LogP contribution in [0, 0.1) is 0 Å². The lowest BCUT2D eigenvalue weighted by molar-refractivity contribution is 0.0651. The van der Waals surface area contributed by atoms with Gasteiger partial charge in [-0.1, -0.05) is 46.1 Å². The quantitative estimate of drug-likeness (QED) is 0.647. The SMILES string of the molecule is CCCCCC(CC)(CC)c1ccc(C(=O)O)c(C(=O)O)c1. The zero-order valence-electron chi connectivity index (χ0n) is 13.7. The molecule has 4 heteroatoms. The van der Waals surface area contributed by atoms with E-state index >= 15 is 0 Å². The van der Waals surface area contributed by atoms with Gasteiger partial charge in [0.25, 0.3) is 0 Å².